The van der Waals surface area contributed by atoms with Gasteiger partial charge in [0.15, 0.2) is 6.29 Å². The van der Waals surface area contributed by atoms with Crippen LogP contribution >= 0.6 is 0 Å². The number of carbonyl (C=O) groups excluding carboxylic acids is 1. The molecule has 0 saturated heterocycles. The molecule has 0 saturated carbocycles. The summed E-state index contributed by atoms with van der Waals surface area (Å²) in [6.07, 6.45) is 2.61. The Labute approximate surface area is 87.7 Å². The second-order valence-corrected chi connectivity index (χ2v) is 3.19. The molecule has 76 valence electrons. The summed E-state index contributed by atoms with van der Waals surface area (Å²) >= 11 is 0. The number of nitrogens with one attached hydrogen (secondary N) is 1. The molecule has 1 aromatic heterocycles. The van der Waals surface area contributed by atoms with Gasteiger partial charge in [-0.05, 0) is 29.3 Å². The maximum Gasteiger partial charge on any atom is 0.166 e. The van der Waals surface area contributed by atoms with Crippen LogP contribution in [-0.2, 0) is 0 Å². The molecule has 0 aliphatic heterocycles. The Morgan fingerprint density at radius 2 is 1.93 bits per heavy atom. The molecule has 1 heterocycles. The minimum atomic E-state index is 0.584. The summed E-state index contributed by atoms with van der Waals surface area (Å²) in [5.74, 6) is 0.824. The fourth-order valence-electron chi connectivity index (χ4n) is 1.43. The second-order valence-electron chi connectivity index (χ2n) is 3.19. The van der Waals surface area contributed by atoms with Crippen LogP contribution < -0.4 is 4.74 Å². The van der Waals surface area contributed by atoms with Crippen molar-refractivity contribution in [3.05, 3.63) is 42.2 Å². The average Bonchev–Trinajstić information content (AvgIpc) is 2.78. The van der Waals surface area contributed by atoms with Crippen LogP contribution in [0.3, 0.4) is 0 Å². The zero-order valence-electron chi connectivity index (χ0n) is 8.36. The largest absolute Gasteiger partial charge is 0.497 e. The number of ether oxygens (including phenoxy) is 1. The molecule has 2 aromatic rings. The molecule has 0 atom stereocenters. The van der Waals surface area contributed by atoms with Crippen molar-refractivity contribution < 1.29 is 9.53 Å². The molecular weight excluding hydrogens is 190 g/mol. The van der Waals surface area contributed by atoms with E-state index in [0.29, 0.717) is 5.69 Å². The van der Waals surface area contributed by atoms with E-state index in [1.807, 2.05) is 36.5 Å². The predicted molar refractivity (Wildman–Crippen MR) is 58.2 cm³/mol. The summed E-state index contributed by atoms with van der Waals surface area (Å²) in [6.45, 7) is 0. The summed E-state index contributed by atoms with van der Waals surface area (Å²) < 4.78 is 5.07. The molecule has 0 spiro atoms. The molecule has 0 fully saturated rings. The van der Waals surface area contributed by atoms with Gasteiger partial charge in [0.05, 0.1) is 12.8 Å². The Morgan fingerprint density at radius 1 is 1.20 bits per heavy atom. The number of aldehydes is 1. The Kier molecular flexibility index (Phi) is 2.54. The molecular formula is C12H11NO2. The van der Waals surface area contributed by atoms with Gasteiger partial charge < -0.3 is 9.72 Å². The lowest BCUT2D eigenvalue weighted by atomic mass is 10.1. The number of aromatic amines is 1. The van der Waals surface area contributed by atoms with Gasteiger partial charge in [-0.1, -0.05) is 12.1 Å². The zero-order chi connectivity index (χ0) is 10.7. The molecule has 15 heavy (non-hydrogen) atoms. The number of hydrogen-bond donors (Lipinski definition) is 1. The van der Waals surface area contributed by atoms with Crippen molar-refractivity contribution in [2.45, 2.75) is 0 Å². The standard InChI is InChI=1S/C12H11NO2/c1-15-12-4-2-9(3-5-12)10-6-11(8-14)13-7-10/h2-8,13H,1H3. The van der Waals surface area contributed by atoms with Crippen LogP contribution in [-0.4, -0.2) is 18.4 Å². The summed E-state index contributed by atoms with van der Waals surface area (Å²) in [7, 11) is 1.63. The van der Waals surface area contributed by atoms with Gasteiger partial charge in [-0.2, -0.15) is 0 Å². The molecule has 0 aliphatic rings. The van der Waals surface area contributed by atoms with E-state index < -0.39 is 0 Å². The van der Waals surface area contributed by atoms with E-state index in [1.165, 1.54) is 0 Å². The maximum absolute atomic E-state index is 10.5. The molecule has 0 unspecified atom stereocenters. The monoisotopic (exact) mass is 201 g/mol. The highest BCUT2D eigenvalue weighted by Crippen LogP contribution is 2.22. The van der Waals surface area contributed by atoms with Gasteiger partial charge >= 0.3 is 0 Å². The Hall–Kier alpha value is -2.03. The van der Waals surface area contributed by atoms with Crippen molar-refractivity contribution in [2.24, 2.45) is 0 Å². The van der Waals surface area contributed by atoms with Crippen LogP contribution in [0.15, 0.2) is 36.5 Å². The lowest BCUT2D eigenvalue weighted by Gasteiger charge is -2.00. The lowest BCUT2D eigenvalue weighted by molar-refractivity contribution is 0.111. The first-order valence-corrected chi connectivity index (χ1v) is 4.61. The number of aromatic nitrogens is 1. The minimum absolute atomic E-state index is 0.584. The number of methoxy groups -OCH3 is 1. The molecule has 2 rings (SSSR count). The van der Waals surface area contributed by atoms with E-state index in [4.69, 9.17) is 4.74 Å². The Bertz CT molecular complexity index is 457. The fraction of sp³-hybridized carbons (Fsp3) is 0.0833. The van der Waals surface area contributed by atoms with Crippen LogP contribution in [0.5, 0.6) is 5.75 Å². The number of hydrogen-bond acceptors (Lipinski definition) is 2. The molecule has 0 aliphatic carbocycles. The highest BCUT2D eigenvalue weighted by molar-refractivity contribution is 5.77. The Balaban J connectivity index is 2.32. The van der Waals surface area contributed by atoms with Gasteiger partial charge in [-0.25, -0.2) is 0 Å². The summed E-state index contributed by atoms with van der Waals surface area (Å²) in [6, 6.07) is 9.51. The number of benzene rings is 1. The van der Waals surface area contributed by atoms with Gasteiger partial charge in [-0.15, -0.1) is 0 Å². The number of carbonyl (C=O) groups is 1. The van der Waals surface area contributed by atoms with Gasteiger partial charge in [0.25, 0.3) is 0 Å². The quantitative estimate of drug-likeness (QED) is 0.775. The minimum Gasteiger partial charge on any atom is -0.497 e. The van der Waals surface area contributed by atoms with E-state index in [1.54, 1.807) is 7.11 Å². The zero-order valence-corrected chi connectivity index (χ0v) is 8.36. The first kappa shape index (κ1) is 9.52. The molecule has 3 nitrogen and oxygen atoms in total. The molecule has 0 amide bonds. The van der Waals surface area contributed by atoms with E-state index >= 15 is 0 Å². The van der Waals surface area contributed by atoms with E-state index in [2.05, 4.69) is 4.98 Å². The first-order valence-electron chi connectivity index (χ1n) is 4.61. The SMILES string of the molecule is COc1ccc(-c2c[nH]c(C=O)c2)cc1. The van der Waals surface area contributed by atoms with Gasteiger partial charge in [0.1, 0.15) is 5.75 Å². The van der Waals surface area contributed by atoms with Crippen LogP contribution in [0, 0.1) is 0 Å². The van der Waals surface area contributed by atoms with Crippen molar-refractivity contribution >= 4 is 6.29 Å². The average molecular weight is 201 g/mol. The number of H-pyrrole nitrogens is 1. The third-order valence-electron chi connectivity index (χ3n) is 2.26. The van der Waals surface area contributed by atoms with Crippen molar-refractivity contribution in [3.63, 3.8) is 0 Å². The van der Waals surface area contributed by atoms with E-state index in [9.17, 15) is 4.79 Å². The molecule has 0 radical (unpaired) electrons. The van der Waals surface area contributed by atoms with Crippen LogP contribution in [0.1, 0.15) is 10.5 Å². The molecule has 1 aromatic carbocycles. The first-order chi connectivity index (χ1) is 7.33. The van der Waals surface area contributed by atoms with Gasteiger partial charge in [0.2, 0.25) is 0 Å². The lowest BCUT2D eigenvalue weighted by Crippen LogP contribution is -1.81. The normalized spacial score (nSPS) is 9.93. The molecule has 3 heteroatoms. The number of rotatable bonds is 3. The highest BCUT2D eigenvalue weighted by Gasteiger charge is 2.01. The van der Waals surface area contributed by atoms with Crippen molar-refractivity contribution in [2.75, 3.05) is 7.11 Å². The van der Waals surface area contributed by atoms with Crippen molar-refractivity contribution in [3.8, 4) is 16.9 Å². The Morgan fingerprint density at radius 3 is 2.47 bits per heavy atom. The second kappa shape index (κ2) is 4.00. The third-order valence-corrected chi connectivity index (χ3v) is 2.26. The van der Waals surface area contributed by atoms with Gasteiger partial charge in [-0.3, -0.25) is 4.79 Å². The third kappa shape index (κ3) is 1.91. The predicted octanol–water partition coefficient (Wildman–Crippen LogP) is 2.50. The molecule has 0 bridgehead atoms. The topological polar surface area (TPSA) is 42.1 Å². The van der Waals surface area contributed by atoms with Crippen LogP contribution in [0.2, 0.25) is 0 Å². The fourth-order valence-corrected chi connectivity index (χ4v) is 1.43. The summed E-state index contributed by atoms with van der Waals surface area (Å²) in [5.41, 5.74) is 2.64. The van der Waals surface area contributed by atoms with Crippen LogP contribution in [0.4, 0.5) is 0 Å². The van der Waals surface area contributed by atoms with E-state index in [0.717, 1.165) is 23.2 Å². The summed E-state index contributed by atoms with van der Waals surface area (Å²) in [5, 5.41) is 0. The van der Waals surface area contributed by atoms with E-state index in [-0.39, 0.29) is 0 Å². The van der Waals surface area contributed by atoms with Crippen molar-refractivity contribution in [1.82, 2.24) is 4.98 Å². The van der Waals surface area contributed by atoms with Gasteiger partial charge in [0, 0.05) is 6.20 Å². The smallest absolute Gasteiger partial charge is 0.166 e. The highest BCUT2D eigenvalue weighted by atomic mass is 16.5. The van der Waals surface area contributed by atoms with Crippen LogP contribution in [0.25, 0.3) is 11.1 Å². The molecule has 1 N–H and O–H groups in total. The summed E-state index contributed by atoms with van der Waals surface area (Å²) in [4.78, 5) is 13.4. The van der Waals surface area contributed by atoms with Crippen molar-refractivity contribution in [1.29, 1.82) is 0 Å². The maximum atomic E-state index is 10.5.